The van der Waals surface area contributed by atoms with E-state index in [0.717, 1.165) is 0 Å². The fraction of sp³-hybridized carbons (Fsp3) is 0.167. The fourth-order valence-electron chi connectivity index (χ4n) is 1.37. The molecule has 0 aromatic heterocycles. The second-order valence-corrected chi connectivity index (χ2v) is 3.17. The number of nitrogens with two attached hydrogens (primary N) is 1. The van der Waals surface area contributed by atoms with Crippen molar-refractivity contribution in [1.82, 2.24) is 0 Å². The Hall–Kier alpha value is -2.30. The molecule has 0 heterocycles. The predicted octanol–water partition coefficient (Wildman–Crippen LogP) is 1.00. The minimum atomic E-state index is -1.25. The first-order chi connectivity index (χ1) is 8.07. The molecule has 0 atom stereocenters. The number of ether oxygens (including phenoxy) is 1. The second-order valence-electron chi connectivity index (χ2n) is 3.17. The summed E-state index contributed by atoms with van der Waals surface area (Å²) in [6.45, 7) is 1.81. The molecule has 0 saturated heterocycles. The van der Waals surface area contributed by atoms with Crippen molar-refractivity contribution in [2.45, 2.75) is 6.92 Å². The zero-order valence-corrected chi connectivity index (χ0v) is 9.34. The van der Waals surface area contributed by atoms with E-state index in [1.54, 1.807) is 37.3 Å². The highest BCUT2D eigenvalue weighted by Gasteiger charge is 2.21. The molecular weight excluding hydrogens is 222 g/mol. The van der Waals surface area contributed by atoms with Crippen molar-refractivity contribution in [3.05, 3.63) is 41.7 Å². The van der Waals surface area contributed by atoms with Crippen LogP contribution in [0.25, 0.3) is 5.57 Å². The standard InChI is InChI=1S/C12H13NO4/c1-2-17-10(11(13)14)9(12(15)16)8-6-4-3-5-7-8/h3-7H,2H2,1H3,(H2,13,14)(H,15,16)/b10-9+. The summed E-state index contributed by atoms with van der Waals surface area (Å²) in [7, 11) is 0. The van der Waals surface area contributed by atoms with Crippen molar-refractivity contribution < 1.29 is 19.4 Å². The van der Waals surface area contributed by atoms with Crippen molar-refractivity contribution in [1.29, 1.82) is 0 Å². The molecule has 17 heavy (non-hydrogen) atoms. The number of hydrogen-bond donors (Lipinski definition) is 2. The molecule has 0 aliphatic heterocycles. The van der Waals surface area contributed by atoms with Crippen LogP contribution in [0, 0.1) is 0 Å². The number of amides is 1. The van der Waals surface area contributed by atoms with E-state index in [1.165, 1.54) is 0 Å². The van der Waals surface area contributed by atoms with E-state index in [4.69, 9.17) is 15.6 Å². The average Bonchev–Trinajstić information content (AvgIpc) is 2.29. The molecule has 1 aromatic rings. The normalized spacial score (nSPS) is 11.6. The lowest BCUT2D eigenvalue weighted by Crippen LogP contribution is -2.20. The van der Waals surface area contributed by atoms with E-state index in [9.17, 15) is 9.59 Å². The minimum absolute atomic E-state index is 0.169. The van der Waals surface area contributed by atoms with Gasteiger partial charge in [-0.2, -0.15) is 0 Å². The van der Waals surface area contributed by atoms with E-state index in [1.807, 2.05) is 0 Å². The van der Waals surface area contributed by atoms with Crippen LogP contribution in [0.5, 0.6) is 0 Å². The quantitative estimate of drug-likeness (QED) is 0.588. The Morgan fingerprint density at radius 1 is 1.29 bits per heavy atom. The molecule has 3 N–H and O–H groups in total. The Bertz CT molecular complexity index is 451. The lowest BCUT2D eigenvalue weighted by molar-refractivity contribution is -0.131. The Morgan fingerprint density at radius 2 is 1.88 bits per heavy atom. The number of carboxylic acid groups (broad SMARTS) is 1. The van der Waals surface area contributed by atoms with Crippen LogP contribution in [0.3, 0.4) is 0 Å². The van der Waals surface area contributed by atoms with Crippen molar-refractivity contribution in [3.8, 4) is 0 Å². The van der Waals surface area contributed by atoms with Gasteiger partial charge in [-0.05, 0) is 12.5 Å². The van der Waals surface area contributed by atoms with Gasteiger partial charge in [-0.1, -0.05) is 30.3 Å². The largest absolute Gasteiger partial charge is 0.488 e. The first kappa shape index (κ1) is 12.8. The summed E-state index contributed by atoms with van der Waals surface area (Å²) in [4.78, 5) is 22.4. The van der Waals surface area contributed by atoms with Crippen molar-refractivity contribution in [2.24, 2.45) is 5.73 Å². The lowest BCUT2D eigenvalue weighted by Gasteiger charge is -2.10. The van der Waals surface area contributed by atoms with Crippen LogP contribution in [-0.4, -0.2) is 23.6 Å². The van der Waals surface area contributed by atoms with Crippen LogP contribution >= 0.6 is 0 Å². The number of rotatable bonds is 5. The van der Waals surface area contributed by atoms with Gasteiger partial charge in [0.05, 0.1) is 6.61 Å². The van der Waals surface area contributed by atoms with Crippen LogP contribution in [0.2, 0.25) is 0 Å². The van der Waals surface area contributed by atoms with Crippen molar-refractivity contribution >= 4 is 17.4 Å². The van der Waals surface area contributed by atoms with Crippen molar-refractivity contribution in [2.75, 3.05) is 6.61 Å². The van der Waals surface area contributed by atoms with Crippen LogP contribution in [0.1, 0.15) is 12.5 Å². The van der Waals surface area contributed by atoms with Gasteiger partial charge in [-0.15, -0.1) is 0 Å². The van der Waals surface area contributed by atoms with Crippen LogP contribution < -0.4 is 5.73 Å². The maximum atomic E-state index is 11.2. The minimum Gasteiger partial charge on any atom is -0.488 e. The maximum Gasteiger partial charge on any atom is 0.340 e. The monoisotopic (exact) mass is 235 g/mol. The Balaban J connectivity index is 3.37. The van der Waals surface area contributed by atoms with Gasteiger partial charge in [-0.3, -0.25) is 4.79 Å². The zero-order chi connectivity index (χ0) is 12.8. The molecule has 0 radical (unpaired) electrons. The van der Waals surface area contributed by atoms with E-state index in [-0.39, 0.29) is 17.9 Å². The number of carbonyl (C=O) groups is 2. The number of hydrogen-bond acceptors (Lipinski definition) is 3. The van der Waals surface area contributed by atoms with Crippen LogP contribution in [0.15, 0.2) is 36.1 Å². The smallest absolute Gasteiger partial charge is 0.340 e. The average molecular weight is 235 g/mol. The third kappa shape index (κ3) is 3.07. The number of benzene rings is 1. The highest BCUT2D eigenvalue weighted by atomic mass is 16.5. The molecule has 0 bridgehead atoms. The summed E-state index contributed by atoms with van der Waals surface area (Å²) in [6, 6.07) is 8.23. The van der Waals surface area contributed by atoms with E-state index < -0.39 is 11.9 Å². The Morgan fingerprint density at radius 3 is 2.29 bits per heavy atom. The van der Waals surface area contributed by atoms with Gasteiger partial charge in [-0.25, -0.2) is 4.79 Å². The Labute approximate surface area is 98.5 Å². The first-order valence-electron chi connectivity index (χ1n) is 5.03. The third-order valence-electron chi connectivity index (χ3n) is 2.02. The molecular formula is C12H13NO4. The van der Waals surface area contributed by atoms with Crippen LogP contribution in [-0.2, 0) is 14.3 Å². The fourth-order valence-corrected chi connectivity index (χ4v) is 1.37. The molecule has 90 valence electrons. The molecule has 5 heteroatoms. The van der Waals surface area contributed by atoms with Gasteiger partial charge in [0.1, 0.15) is 5.57 Å². The second kappa shape index (κ2) is 5.69. The number of carboxylic acids is 1. The van der Waals surface area contributed by atoms with Crippen LogP contribution in [0.4, 0.5) is 0 Å². The van der Waals surface area contributed by atoms with Gasteiger partial charge in [0.2, 0.25) is 0 Å². The summed E-state index contributed by atoms with van der Waals surface area (Å²) in [5.74, 6) is -2.47. The molecule has 1 rings (SSSR count). The summed E-state index contributed by atoms with van der Waals surface area (Å²) in [5.41, 5.74) is 5.27. The molecule has 1 aromatic carbocycles. The molecule has 0 unspecified atom stereocenters. The highest BCUT2D eigenvalue weighted by molar-refractivity contribution is 6.21. The van der Waals surface area contributed by atoms with Gasteiger partial charge in [0, 0.05) is 0 Å². The summed E-state index contributed by atoms with van der Waals surface area (Å²) in [6.07, 6.45) is 0. The zero-order valence-electron chi connectivity index (χ0n) is 9.34. The van der Waals surface area contributed by atoms with Gasteiger partial charge in [0.15, 0.2) is 5.76 Å². The summed E-state index contributed by atoms with van der Waals surface area (Å²) >= 11 is 0. The van der Waals surface area contributed by atoms with Gasteiger partial charge < -0.3 is 15.6 Å². The highest BCUT2D eigenvalue weighted by Crippen LogP contribution is 2.19. The number of aliphatic carboxylic acids is 1. The molecule has 0 fully saturated rings. The number of carbonyl (C=O) groups excluding carboxylic acids is 1. The Kier molecular flexibility index (Phi) is 4.28. The molecule has 1 amide bonds. The molecule has 5 nitrogen and oxygen atoms in total. The van der Waals surface area contributed by atoms with Gasteiger partial charge >= 0.3 is 5.97 Å². The molecule has 0 saturated carbocycles. The van der Waals surface area contributed by atoms with E-state index in [2.05, 4.69) is 0 Å². The SMILES string of the molecule is CCO/C(C(N)=O)=C(/C(=O)O)c1ccccc1. The predicted molar refractivity (Wildman–Crippen MR) is 61.8 cm³/mol. The van der Waals surface area contributed by atoms with E-state index >= 15 is 0 Å². The summed E-state index contributed by atoms with van der Waals surface area (Å²) < 4.78 is 5.01. The lowest BCUT2D eigenvalue weighted by atomic mass is 10.0. The topological polar surface area (TPSA) is 89.6 Å². The van der Waals surface area contributed by atoms with Gasteiger partial charge in [0.25, 0.3) is 5.91 Å². The first-order valence-corrected chi connectivity index (χ1v) is 5.03. The maximum absolute atomic E-state index is 11.2. The third-order valence-corrected chi connectivity index (χ3v) is 2.02. The van der Waals surface area contributed by atoms with E-state index in [0.29, 0.717) is 5.56 Å². The molecule has 0 spiro atoms. The molecule has 0 aliphatic rings. The van der Waals surface area contributed by atoms with Crippen molar-refractivity contribution in [3.63, 3.8) is 0 Å². The molecule has 0 aliphatic carbocycles. The number of primary amides is 1. The summed E-state index contributed by atoms with van der Waals surface area (Å²) in [5, 5.41) is 9.13.